The molecule has 3 N–H and O–H groups in total. The van der Waals surface area contributed by atoms with Gasteiger partial charge in [-0.1, -0.05) is 24.0 Å². The summed E-state index contributed by atoms with van der Waals surface area (Å²) in [7, 11) is -1.70. The molecule has 4 heterocycles. The van der Waals surface area contributed by atoms with E-state index in [0.717, 1.165) is 36.8 Å². The number of nitrogens with one attached hydrogen (secondary N) is 1. The van der Waals surface area contributed by atoms with Gasteiger partial charge in [-0.05, 0) is 81.3 Å². The number of carbonyl (C=O) groups excluding carboxylic acids is 2. The molecular formula is C33H43Cl2N7O4S. The van der Waals surface area contributed by atoms with Crippen LogP contribution in [0.3, 0.4) is 0 Å². The lowest BCUT2D eigenvalue weighted by atomic mass is 9.87. The summed E-state index contributed by atoms with van der Waals surface area (Å²) >= 11 is 0. The third kappa shape index (κ3) is 7.61. The van der Waals surface area contributed by atoms with Crippen LogP contribution in [0.25, 0.3) is 10.9 Å². The number of sulfonamides is 1. The van der Waals surface area contributed by atoms with Crippen LogP contribution in [0, 0.1) is 11.8 Å². The molecule has 47 heavy (non-hydrogen) atoms. The maximum atomic E-state index is 13.2. The second kappa shape index (κ2) is 14.5. The standard InChI is InChI=1S/C33H41N7O4S.2ClH/c1-33(2,15-9-23-5-4-6-27(21-23)45(43,44)39-18-12-26(34)13-19-39)38-16-10-24(11-17-38)25-7-8-28-29(22-25)37(3)36-31(28)40-20-14-30(41)35-32(40)42;;/h4-8,21-22,24,26H,10-14,16-20,34H2,1-3H3,(H,35,41,42);2*1H. The highest BCUT2D eigenvalue weighted by atomic mass is 35.5. The van der Waals surface area contributed by atoms with Gasteiger partial charge in [0.05, 0.1) is 16.0 Å². The second-order valence-electron chi connectivity index (χ2n) is 12.8. The fourth-order valence-electron chi connectivity index (χ4n) is 6.55. The van der Waals surface area contributed by atoms with Gasteiger partial charge in [0, 0.05) is 63.2 Å². The number of imide groups is 1. The Morgan fingerprint density at radius 3 is 2.34 bits per heavy atom. The fourth-order valence-corrected chi connectivity index (χ4v) is 8.07. The van der Waals surface area contributed by atoms with Gasteiger partial charge in [0.25, 0.3) is 0 Å². The quantitative estimate of drug-likeness (QED) is 0.384. The van der Waals surface area contributed by atoms with Crippen molar-refractivity contribution in [3.8, 4) is 11.8 Å². The molecule has 14 heteroatoms. The minimum Gasteiger partial charge on any atom is -0.328 e. The summed E-state index contributed by atoms with van der Waals surface area (Å²) in [6.07, 6.45) is 3.55. The molecule has 11 nitrogen and oxygen atoms in total. The number of aryl methyl sites for hydroxylation is 1. The third-order valence-corrected chi connectivity index (χ3v) is 11.3. The number of urea groups is 1. The van der Waals surface area contributed by atoms with Gasteiger partial charge in [-0.15, -0.1) is 24.8 Å². The van der Waals surface area contributed by atoms with E-state index in [1.54, 1.807) is 22.9 Å². The summed E-state index contributed by atoms with van der Waals surface area (Å²) in [6.45, 7) is 7.20. The van der Waals surface area contributed by atoms with Gasteiger partial charge < -0.3 is 5.73 Å². The molecule has 3 fully saturated rings. The van der Waals surface area contributed by atoms with Crippen LogP contribution in [0.15, 0.2) is 47.4 Å². The molecule has 0 bridgehead atoms. The Balaban J connectivity index is 0.00000250. The van der Waals surface area contributed by atoms with Crippen molar-refractivity contribution >= 4 is 63.5 Å². The Hall–Kier alpha value is -3.18. The molecule has 1 aromatic heterocycles. The number of nitrogens with zero attached hydrogens (tertiary/aromatic N) is 5. The predicted octanol–water partition coefficient (Wildman–Crippen LogP) is 3.98. The number of rotatable bonds is 5. The van der Waals surface area contributed by atoms with E-state index in [1.165, 1.54) is 14.8 Å². The molecule has 0 saturated carbocycles. The zero-order valence-electron chi connectivity index (χ0n) is 26.9. The van der Waals surface area contributed by atoms with Crippen molar-refractivity contribution in [2.75, 3.05) is 37.6 Å². The average molecular weight is 705 g/mol. The number of amides is 3. The fraction of sp³-hybridized carbons (Fsp3) is 0.485. The molecule has 254 valence electrons. The van der Waals surface area contributed by atoms with Crippen molar-refractivity contribution < 1.29 is 18.0 Å². The molecule has 6 rings (SSSR count). The lowest BCUT2D eigenvalue weighted by molar-refractivity contribution is -0.120. The molecule has 3 saturated heterocycles. The Morgan fingerprint density at radius 2 is 1.66 bits per heavy atom. The number of hydrogen-bond donors (Lipinski definition) is 2. The van der Waals surface area contributed by atoms with Crippen molar-refractivity contribution in [2.45, 2.75) is 68.3 Å². The molecule has 0 radical (unpaired) electrons. The number of carbonyl (C=O) groups is 2. The summed E-state index contributed by atoms with van der Waals surface area (Å²) in [5, 5.41) is 7.88. The van der Waals surface area contributed by atoms with E-state index >= 15 is 0 Å². The Kier molecular flexibility index (Phi) is 11.3. The molecule has 3 aromatic rings. The zero-order chi connectivity index (χ0) is 31.9. The summed E-state index contributed by atoms with van der Waals surface area (Å²) in [5.74, 6) is 7.36. The highest BCUT2D eigenvalue weighted by Crippen LogP contribution is 2.35. The predicted molar refractivity (Wildman–Crippen MR) is 188 cm³/mol. The molecule has 3 aliphatic rings. The van der Waals surface area contributed by atoms with Gasteiger partial charge in [-0.2, -0.15) is 9.40 Å². The van der Waals surface area contributed by atoms with E-state index in [0.29, 0.717) is 49.8 Å². The first-order valence-electron chi connectivity index (χ1n) is 15.6. The number of piperidine rings is 2. The molecular weight excluding hydrogens is 661 g/mol. The molecule has 2 aromatic carbocycles. The number of benzene rings is 2. The number of anilines is 1. The summed E-state index contributed by atoms with van der Waals surface area (Å²) in [4.78, 5) is 28.2. The normalized spacial score (nSPS) is 19.0. The van der Waals surface area contributed by atoms with Gasteiger partial charge in [-0.3, -0.25) is 24.6 Å². The first-order valence-corrected chi connectivity index (χ1v) is 17.1. The second-order valence-corrected chi connectivity index (χ2v) is 14.8. The monoisotopic (exact) mass is 703 g/mol. The molecule has 3 amide bonds. The number of hydrogen-bond acceptors (Lipinski definition) is 7. The number of halogens is 2. The summed E-state index contributed by atoms with van der Waals surface area (Å²) in [5.41, 5.74) is 8.46. The van der Waals surface area contributed by atoms with Crippen molar-refractivity contribution in [3.05, 3.63) is 53.6 Å². The molecule has 0 atom stereocenters. The lowest BCUT2D eigenvalue weighted by Crippen LogP contribution is -2.49. The van der Waals surface area contributed by atoms with Crippen LogP contribution < -0.4 is 16.0 Å². The number of aromatic nitrogens is 2. The van der Waals surface area contributed by atoms with Crippen LogP contribution in [0.4, 0.5) is 10.6 Å². The van der Waals surface area contributed by atoms with Crippen molar-refractivity contribution in [1.29, 1.82) is 0 Å². The van der Waals surface area contributed by atoms with Crippen molar-refractivity contribution in [1.82, 2.24) is 24.3 Å². The molecule has 0 aliphatic carbocycles. The van der Waals surface area contributed by atoms with Gasteiger partial charge >= 0.3 is 6.03 Å². The Morgan fingerprint density at radius 1 is 0.957 bits per heavy atom. The van der Waals surface area contributed by atoms with Gasteiger partial charge in [0.15, 0.2) is 5.82 Å². The van der Waals surface area contributed by atoms with E-state index in [-0.39, 0.29) is 53.6 Å². The molecule has 3 aliphatic heterocycles. The SMILES string of the molecule is Cl.Cl.Cn1nc(N2CCC(=O)NC2=O)c2ccc(C3CCN(C(C)(C)C#Cc4cccc(S(=O)(=O)N5CCC(N)CC5)c4)CC3)cc21. The highest BCUT2D eigenvalue weighted by molar-refractivity contribution is 7.89. The topological polar surface area (TPSA) is 134 Å². The van der Waals surface area contributed by atoms with Gasteiger partial charge in [0.2, 0.25) is 15.9 Å². The van der Waals surface area contributed by atoms with Crippen LogP contribution in [0.2, 0.25) is 0 Å². The van der Waals surface area contributed by atoms with E-state index in [2.05, 4.69) is 53.1 Å². The Labute approximate surface area is 289 Å². The number of fused-ring (bicyclic) bond motifs is 1. The summed E-state index contributed by atoms with van der Waals surface area (Å²) in [6, 6.07) is 12.9. The number of likely N-dealkylation sites (tertiary alicyclic amines) is 1. The van der Waals surface area contributed by atoms with Crippen LogP contribution in [-0.4, -0.2) is 83.6 Å². The van der Waals surface area contributed by atoms with Crippen LogP contribution in [0.1, 0.15) is 63.0 Å². The number of nitrogens with two attached hydrogens (primary N) is 1. The van der Waals surface area contributed by atoms with Crippen LogP contribution in [0.5, 0.6) is 0 Å². The Bertz CT molecular complexity index is 1800. The lowest BCUT2D eigenvalue weighted by Gasteiger charge is -2.40. The maximum absolute atomic E-state index is 13.2. The minimum absolute atomic E-state index is 0. The van der Waals surface area contributed by atoms with Crippen molar-refractivity contribution in [3.63, 3.8) is 0 Å². The van der Waals surface area contributed by atoms with E-state index < -0.39 is 16.1 Å². The highest BCUT2D eigenvalue weighted by Gasteiger charge is 2.32. The average Bonchev–Trinajstić information content (AvgIpc) is 3.35. The van der Waals surface area contributed by atoms with Crippen LogP contribution in [-0.2, 0) is 21.9 Å². The smallest absolute Gasteiger partial charge is 0.328 e. The van der Waals surface area contributed by atoms with Gasteiger partial charge in [-0.25, -0.2) is 13.2 Å². The van der Waals surface area contributed by atoms with Gasteiger partial charge in [0.1, 0.15) is 0 Å². The molecule has 0 spiro atoms. The van der Waals surface area contributed by atoms with E-state index in [9.17, 15) is 18.0 Å². The summed E-state index contributed by atoms with van der Waals surface area (Å²) < 4.78 is 29.8. The maximum Gasteiger partial charge on any atom is 0.329 e. The van der Waals surface area contributed by atoms with E-state index in [1.807, 2.05) is 19.2 Å². The van der Waals surface area contributed by atoms with Crippen LogP contribution >= 0.6 is 24.8 Å². The zero-order valence-corrected chi connectivity index (χ0v) is 29.4. The van der Waals surface area contributed by atoms with E-state index in [4.69, 9.17) is 5.73 Å². The van der Waals surface area contributed by atoms with Crippen molar-refractivity contribution in [2.24, 2.45) is 12.8 Å². The first-order chi connectivity index (χ1) is 21.4. The largest absolute Gasteiger partial charge is 0.329 e. The first kappa shape index (κ1) is 36.7. The third-order valence-electron chi connectivity index (χ3n) is 9.41. The molecule has 0 unspecified atom stereocenters. The minimum atomic E-state index is -3.58.